The van der Waals surface area contributed by atoms with Gasteiger partial charge in [-0.05, 0) is 18.9 Å². The van der Waals surface area contributed by atoms with Gasteiger partial charge >= 0.3 is 5.97 Å². The van der Waals surface area contributed by atoms with Gasteiger partial charge < -0.3 is 14.6 Å². The van der Waals surface area contributed by atoms with Gasteiger partial charge in [-0.25, -0.2) is 0 Å². The van der Waals surface area contributed by atoms with E-state index < -0.39 is 5.97 Å². The maximum atomic E-state index is 11.1. The zero-order chi connectivity index (χ0) is 12.0. The third-order valence-corrected chi connectivity index (χ3v) is 3.90. The van der Waals surface area contributed by atoms with Crippen molar-refractivity contribution in [2.24, 2.45) is 5.92 Å². The molecule has 0 amide bonds. The van der Waals surface area contributed by atoms with Crippen LogP contribution in [0.2, 0.25) is 0 Å². The van der Waals surface area contributed by atoms with E-state index in [1.165, 1.54) is 0 Å². The fourth-order valence-corrected chi connectivity index (χ4v) is 2.84. The minimum atomic E-state index is -0.700. The molecule has 0 aromatic heterocycles. The number of benzene rings is 1. The van der Waals surface area contributed by atoms with Crippen LogP contribution in [0, 0.1) is 5.92 Å². The molecule has 1 N–H and O–H groups in total. The first-order valence-electron chi connectivity index (χ1n) is 5.71. The molecule has 0 bridgehead atoms. The summed E-state index contributed by atoms with van der Waals surface area (Å²) in [4.78, 5) is 11.1. The van der Waals surface area contributed by atoms with E-state index in [0.29, 0.717) is 6.61 Å². The molecule has 1 fully saturated rings. The van der Waals surface area contributed by atoms with E-state index in [0.717, 1.165) is 29.9 Å². The van der Waals surface area contributed by atoms with E-state index in [-0.39, 0.29) is 11.3 Å². The van der Waals surface area contributed by atoms with Crippen LogP contribution in [-0.4, -0.2) is 24.8 Å². The summed E-state index contributed by atoms with van der Waals surface area (Å²) >= 11 is 0. The Bertz CT molecular complexity index is 482. The van der Waals surface area contributed by atoms with Crippen molar-refractivity contribution < 1.29 is 19.4 Å². The number of hydrogen-bond acceptors (Lipinski definition) is 3. The lowest BCUT2D eigenvalue weighted by atomic mass is 9.87. The lowest BCUT2D eigenvalue weighted by molar-refractivity contribution is -0.139. The van der Waals surface area contributed by atoms with E-state index in [1.807, 2.05) is 18.2 Å². The number of rotatable bonds is 2. The Morgan fingerprint density at radius 2 is 2.41 bits per heavy atom. The van der Waals surface area contributed by atoms with Gasteiger partial charge in [-0.3, -0.25) is 4.79 Å². The molecule has 1 aromatic carbocycles. The van der Waals surface area contributed by atoms with Gasteiger partial charge in [0.1, 0.15) is 11.5 Å². The molecule has 1 spiro atoms. The number of ether oxygens (including phenoxy) is 2. The summed E-state index contributed by atoms with van der Waals surface area (Å²) in [5.41, 5.74) is 0.836. The second-order valence-corrected chi connectivity index (χ2v) is 4.71. The first kappa shape index (κ1) is 10.4. The highest BCUT2D eigenvalue weighted by atomic mass is 16.5. The second-order valence-electron chi connectivity index (χ2n) is 4.71. The number of methoxy groups -OCH3 is 1. The molecule has 17 heavy (non-hydrogen) atoms. The lowest BCUT2D eigenvalue weighted by Gasteiger charge is -2.26. The van der Waals surface area contributed by atoms with E-state index in [4.69, 9.17) is 14.6 Å². The van der Waals surface area contributed by atoms with E-state index in [2.05, 4.69) is 0 Å². The Kier molecular flexibility index (Phi) is 2.08. The highest BCUT2D eigenvalue weighted by molar-refractivity contribution is 5.78. The van der Waals surface area contributed by atoms with Crippen molar-refractivity contribution in [3.8, 4) is 11.5 Å². The molecule has 0 radical (unpaired) electrons. The number of fused-ring (bicyclic) bond motifs is 2. The normalized spacial score (nSPS) is 29.4. The molecule has 1 saturated carbocycles. The molecular weight excluding hydrogens is 220 g/mol. The van der Waals surface area contributed by atoms with Gasteiger partial charge in [-0.15, -0.1) is 0 Å². The predicted molar refractivity (Wildman–Crippen MR) is 60.5 cm³/mol. The quantitative estimate of drug-likeness (QED) is 0.848. The van der Waals surface area contributed by atoms with E-state index >= 15 is 0 Å². The van der Waals surface area contributed by atoms with E-state index in [9.17, 15) is 4.79 Å². The molecule has 4 heteroatoms. The van der Waals surface area contributed by atoms with Gasteiger partial charge in [0.25, 0.3) is 0 Å². The molecule has 1 aliphatic carbocycles. The maximum Gasteiger partial charge on any atom is 0.307 e. The Balaban J connectivity index is 2.02. The first-order valence-corrected chi connectivity index (χ1v) is 5.71. The number of carboxylic acids is 1. The van der Waals surface area contributed by atoms with Crippen molar-refractivity contribution in [2.45, 2.75) is 18.3 Å². The van der Waals surface area contributed by atoms with Crippen LogP contribution in [0.4, 0.5) is 0 Å². The smallest absolute Gasteiger partial charge is 0.307 e. The van der Waals surface area contributed by atoms with Crippen molar-refractivity contribution in [3.63, 3.8) is 0 Å². The lowest BCUT2D eigenvalue weighted by Crippen LogP contribution is -2.24. The van der Waals surface area contributed by atoms with Crippen molar-refractivity contribution in [3.05, 3.63) is 23.8 Å². The van der Waals surface area contributed by atoms with Crippen LogP contribution in [0.15, 0.2) is 18.2 Å². The summed E-state index contributed by atoms with van der Waals surface area (Å²) in [6.07, 6.45) is 1.52. The van der Waals surface area contributed by atoms with Crippen molar-refractivity contribution >= 4 is 5.97 Å². The molecule has 3 rings (SSSR count). The minimum absolute atomic E-state index is 0.189. The average Bonchev–Trinajstić information content (AvgIpc) is 3.04. The predicted octanol–water partition coefficient (Wildman–Crippen LogP) is 1.82. The summed E-state index contributed by atoms with van der Waals surface area (Å²) < 4.78 is 10.7. The molecule has 1 aromatic rings. The van der Waals surface area contributed by atoms with Gasteiger partial charge in [0.2, 0.25) is 0 Å². The summed E-state index contributed by atoms with van der Waals surface area (Å²) in [6, 6.07) is 5.65. The molecule has 2 atom stereocenters. The average molecular weight is 234 g/mol. The standard InChI is InChI=1S/C13H14O4/c1-16-8-2-3-9-11(6-8)17-5-4-13(9)7-10(13)12(14)15/h2-3,6,10H,4-5,7H2,1H3,(H,14,15). The van der Waals surface area contributed by atoms with Crippen LogP contribution < -0.4 is 9.47 Å². The zero-order valence-corrected chi connectivity index (χ0v) is 9.60. The van der Waals surface area contributed by atoms with Crippen molar-refractivity contribution in [2.75, 3.05) is 13.7 Å². The molecule has 2 aliphatic rings. The van der Waals surface area contributed by atoms with Gasteiger partial charge in [0.15, 0.2) is 0 Å². The van der Waals surface area contributed by atoms with Gasteiger partial charge in [-0.2, -0.15) is 0 Å². The third-order valence-electron chi connectivity index (χ3n) is 3.90. The van der Waals surface area contributed by atoms with Crippen LogP contribution in [0.25, 0.3) is 0 Å². The molecule has 2 unspecified atom stereocenters. The summed E-state index contributed by atoms with van der Waals surface area (Å²) in [6.45, 7) is 0.587. The molecule has 90 valence electrons. The Labute approximate surface area is 99.2 Å². The van der Waals surface area contributed by atoms with E-state index in [1.54, 1.807) is 7.11 Å². The highest BCUT2D eigenvalue weighted by Gasteiger charge is 2.61. The Morgan fingerprint density at radius 1 is 1.59 bits per heavy atom. The molecular formula is C13H14O4. The third kappa shape index (κ3) is 1.40. The number of hydrogen-bond donors (Lipinski definition) is 1. The topological polar surface area (TPSA) is 55.8 Å². The Hall–Kier alpha value is -1.71. The highest BCUT2D eigenvalue weighted by Crippen LogP contribution is 2.61. The van der Waals surface area contributed by atoms with Crippen LogP contribution in [-0.2, 0) is 10.2 Å². The maximum absolute atomic E-state index is 11.1. The first-order chi connectivity index (χ1) is 8.17. The number of carboxylic acid groups (broad SMARTS) is 1. The largest absolute Gasteiger partial charge is 0.497 e. The van der Waals surface area contributed by atoms with Crippen LogP contribution in [0.5, 0.6) is 11.5 Å². The van der Waals surface area contributed by atoms with Crippen molar-refractivity contribution in [1.29, 1.82) is 0 Å². The molecule has 0 saturated heterocycles. The fourth-order valence-electron chi connectivity index (χ4n) is 2.84. The van der Waals surface area contributed by atoms with Crippen LogP contribution in [0.3, 0.4) is 0 Å². The van der Waals surface area contributed by atoms with Gasteiger partial charge in [-0.1, -0.05) is 6.07 Å². The Morgan fingerprint density at radius 3 is 3.06 bits per heavy atom. The SMILES string of the molecule is COc1ccc2c(c1)OCCC21CC1C(=O)O. The molecule has 1 aliphatic heterocycles. The van der Waals surface area contributed by atoms with Gasteiger partial charge in [0.05, 0.1) is 19.6 Å². The fraction of sp³-hybridized carbons (Fsp3) is 0.462. The van der Waals surface area contributed by atoms with Crippen molar-refractivity contribution in [1.82, 2.24) is 0 Å². The van der Waals surface area contributed by atoms with Crippen LogP contribution >= 0.6 is 0 Å². The summed E-state index contributed by atoms with van der Waals surface area (Å²) in [5.74, 6) is 0.569. The second kappa shape index (κ2) is 3.39. The number of aliphatic carboxylic acids is 1. The van der Waals surface area contributed by atoms with Gasteiger partial charge in [0, 0.05) is 17.0 Å². The molecule has 4 nitrogen and oxygen atoms in total. The monoisotopic (exact) mass is 234 g/mol. The molecule has 1 heterocycles. The number of carbonyl (C=O) groups is 1. The summed E-state index contributed by atoms with van der Waals surface area (Å²) in [7, 11) is 1.61. The summed E-state index contributed by atoms with van der Waals surface area (Å²) in [5, 5.41) is 9.13. The van der Waals surface area contributed by atoms with Crippen LogP contribution in [0.1, 0.15) is 18.4 Å². The zero-order valence-electron chi connectivity index (χ0n) is 9.60. The minimum Gasteiger partial charge on any atom is -0.497 e.